The Morgan fingerprint density at radius 3 is 2.57 bits per heavy atom. The molecule has 3 heteroatoms. The minimum absolute atomic E-state index is 0.303. The molecular formula is C18H35N3. The topological polar surface area (TPSA) is 32.5 Å². The third kappa shape index (κ3) is 3.02. The summed E-state index contributed by atoms with van der Waals surface area (Å²) in [6.07, 6.45) is 11.1. The lowest BCUT2D eigenvalue weighted by atomic mass is 9.81. The molecule has 2 saturated heterocycles. The molecule has 0 spiro atoms. The Labute approximate surface area is 131 Å². The number of nitrogens with two attached hydrogens (primary N) is 1. The molecular weight excluding hydrogens is 258 g/mol. The zero-order valence-electron chi connectivity index (χ0n) is 14.2. The normalized spacial score (nSPS) is 39.4. The molecule has 0 aromatic carbocycles. The third-order valence-corrected chi connectivity index (χ3v) is 6.66. The van der Waals surface area contributed by atoms with Crippen LogP contribution in [0.5, 0.6) is 0 Å². The van der Waals surface area contributed by atoms with Crippen molar-refractivity contribution in [3.63, 3.8) is 0 Å². The van der Waals surface area contributed by atoms with E-state index in [-0.39, 0.29) is 0 Å². The number of likely N-dealkylation sites (tertiary alicyclic amines) is 2. The molecule has 3 unspecified atom stereocenters. The van der Waals surface area contributed by atoms with Crippen LogP contribution in [0.3, 0.4) is 0 Å². The number of hydrogen-bond acceptors (Lipinski definition) is 3. The smallest absolute Gasteiger partial charge is 0.0347 e. The van der Waals surface area contributed by atoms with E-state index in [0.29, 0.717) is 11.6 Å². The quantitative estimate of drug-likeness (QED) is 0.868. The lowest BCUT2D eigenvalue weighted by Crippen LogP contribution is -2.60. The molecule has 21 heavy (non-hydrogen) atoms. The summed E-state index contributed by atoms with van der Waals surface area (Å²) in [6.45, 7) is 9.35. The maximum atomic E-state index is 6.38. The number of nitrogens with zero attached hydrogens (tertiary/aromatic N) is 2. The van der Waals surface area contributed by atoms with Crippen molar-refractivity contribution in [3.8, 4) is 0 Å². The Bertz CT molecular complexity index is 343. The van der Waals surface area contributed by atoms with Crippen molar-refractivity contribution in [3.05, 3.63) is 0 Å². The fraction of sp³-hybridized carbons (Fsp3) is 1.00. The first-order chi connectivity index (χ1) is 10.2. The van der Waals surface area contributed by atoms with Gasteiger partial charge in [0.2, 0.25) is 0 Å². The van der Waals surface area contributed by atoms with Gasteiger partial charge in [0.1, 0.15) is 0 Å². The molecule has 2 heterocycles. The maximum absolute atomic E-state index is 6.38. The van der Waals surface area contributed by atoms with Crippen LogP contribution in [-0.2, 0) is 0 Å². The second kappa shape index (κ2) is 6.55. The van der Waals surface area contributed by atoms with Crippen LogP contribution in [-0.4, -0.2) is 53.6 Å². The summed E-state index contributed by atoms with van der Waals surface area (Å²) >= 11 is 0. The number of hydrogen-bond donors (Lipinski definition) is 1. The lowest BCUT2D eigenvalue weighted by Gasteiger charge is -2.50. The van der Waals surface area contributed by atoms with E-state index in [1.165, 1.54) is 71.0 Å². The summed E-state index contributed by atoms with van der Waals surface area (Å²) in [7, 11) is 0. The van der Waals surface area contributed by atoms with Gasteiger partial charge >= 0.3 is 0 Å². The Morgan fingerprint density at radius 1 is 1.00 bits per heavy atom. The van der Waals surface area contributed by atoms with Crippen LogP contribution in [0.2, 0.25) is 0 Å². The van der Waals surface area contributed by atoms with E-state index in [4.69, 9.17) is 5.73 Å². The molecule has 0 aromatic rings. The zero-order valence-corrected chi connectivity index (χ0v) is 14.2. The van der Waals surface area contributed by atoms with Gasteiger partial charge in [-0.1, -0.05) is 6.42 Å². The van der Waals surface area contributed by atoms with Crippen LogP contribution in [0.15, 0.2) is 0 Å². The van der Waals surface area contributed by atoms with Gasteiger partial charge in [-0.05, 0) is 77.8 Å². The van der Waals surface area contributed by atoms with Crippen LogP contribution >= 0.6 is 0 Å². The van der Waals surface area contributed by atoms with Gasteiger partial charge in [-0.15, -0.1) is 0 Å². The highest BCUT2D eigenvalue weighted by Gasteiger charge is 2.45. The average molecular weight is 293 g/mol. The SMILES string of the molecule is CC(C)N1CCCC(CN)(N2CCCC3CCCC32)CC1. The van der Waals surface area contributed by atoms with Crippen LogP contribution in [0.1, 0.15) is 65.2 Å². The molecule has 0 amide bonds. The van der Waals surface area contributed by atoms with Gasteiger partial charge in [-0.25, -0.2) is 0 Å². The fourth-order valence-corrected chi connectivity index (χ4v) is 5.37. The van der Waals surface area contributed by atoms with E-state index in [9.17, 15) is 0 Å². The minimum atomic E-state index is 0.303. The highest BCUT2D eigenvalue weighted by molar-refractivity contribution is 5.02. The van der Waals surface area contributed by atoms with Crippen molar-refractivity contribution in [2.45, 2.75) is 82.8 Å². The van der Waals surface area contributed by atoms with Crippen molar-refractivity contribution < 1.29 is 0 Å². The van der Waals surface area contributed by atoms with E-state index < -0.39 is 0 Å². The molecule has 2 N–H and O–H groups in total. The minimum Gasteiger partial charge on any atom is -0.329 e. The molecule has 2 aliphatic heterocycles. The molecule has 0 radical (unpaired) electrons. The first kappa shape index (κ1) is 15.8. The Morgan fingerprint density at radius 2 is 1.81 bits per heavy atom. The van der Waals surface area contributed by atoms with Gasteiger partial charge in [0, 0.05) is 30.7 Å². The molecule has 3 rings (SSSR count). The molecule has 3 atom stereocenters. The van der Waals surface area contributed by atoms with E-state index in [1.54, 1.807) is 0 Å². The van der Waals surface area contributed by atoms with Gasteiger partial charge < -0.3 is 10.6 Å². The predicted molar refractivity (Wildman–Crippen MR) is 89.4 cm³/mol. The summed E-state index contributed by atoms with van der Waals surface area (Å²) in [5.41, 5.74) is 6.69. The van der Waals surface area contributed by atoms with Crippen LogP contribution in [0.25, 0.3) is 0 Å². The Kier molecular flexibility index (Phi) is 4.92. The first-order valence-electron chi connectivity index (χ1n) is 9.37. The summed E-state index contributed by atoms with van der Waals surface area (Å²) < 4.78 is 0. The van der Waals surface area contributed by atoms with Crippen LogP contribution in [0.4, 0.5) is 0 Å². The monoisotopic (exact) mass is 293 g/mol. The van der Waals surface area contributed by atoms with Crippen LogP contribution < -0.4 is 5.73 Å². The van der Waals surface area contributed by atoms with E-state index in [2.05, 4.69) is 23.6 Å². The van der Waals surface area contributed by atoms with Gasteiger partial charge in [0.05, 0.1) is 0 Å². The largest absolute Gasteiger partial charge is 0.329 e. The summed E-state index contributed by atoms with van der Waals surface area (Å²) in [4.78, 5) is 5.56. The fourth-order valence-electron chi connectivity index (χ4n) is 5.37. The predicted octanol–water partition coefficient (Wildman–Crippen LogP) is 2.84. The Balaban J connectivity index is 1.76. The molecule has 3 aliphatic rings. The number of rotatable bonds is 3. The van der Waals surface area contributed by atoms with Gasteiger partial charge in [0.25, 0.3) is 0 Å². The summed E-state index contributed by atoms with van der Waals surface area (Å²) in [5.74, 6) is 0.978. The highest BCUT2D eigenvalue weighted by Crippen LogP contribution is 2.42. The molecule has 122 valence electrons. The van der Waals surface area contributed by atoms with Crippen molar-refractivity contribution in [1.82, 2.24) is 9.80 Å². The van der Waals surface area contributed by atoms with Crippen molar-refractivity contribution in [2.24, 2.45) is 11.7 Å². The molecule has 1 aliphatic carbocycles. The second-order valence-electron chi connectivity index (χ2n) is 8.01. The zero-order chi connectivity index (χ0) is 14.9. The number of fused-ring (bicyclic) bond motifs is 1. The van der Waals surface area contributed by atoms with E-state index in [1.807, 2.05) is 0 Å². The average Bonchev–Trinajstić information content (AvgIpc) is 2.85. The number of piperidine rings is 1. The van der Waals surface area contributed by atoms with Gasteiger partial charge in [0.15, 0.2) is 0 Å². The van der Waals surface area contributed by atoms with Crippen molar-refractivity contribution >= 4 is 0 Å². The summed E-state index contributed by atoms with van der Waals surface area (Å²) in [6, 6.07) is 1.53. The molecule has 1 saturated carbocycles. The Hall–Kier alpha value is -0.120. The van der Waals surface area contributed by atoms with E-state index >= 15 is 0 Å². The van der Waals surface area contributed by atoms with Crippen LogP contribution in [0, 0.1) is 5.92 Å². The van der Waals surface area contributed by atoms with Gasteiger partial charge in [-0.3, -0.25) is 4.90 Å². The molecule has 0 bridgehead atoms. The van der Waals surface area contributed by atoms with Gasteiger partial charge in [-0.2, -0.15) is 0 Å². The highest BCUT2D eigenvalue weighted by atomic mass is 15.3. The third-order valence-electron chi connectivity index (χ3n) is 6.66. The maximum Gasteiger partial charge on any atom is 0.0347 e. The molecule has 0 aromatic heterocycles. The molecule has 3 fully saturated rings. The summed E-state index contributed by atoms with van der Waals surface area (Å²) in [5, 5.41) is 0. The second-order valence-corrected chi connectivity index (χ2v) is 8.01. The first-order valence-corrected chi connectivity index (χ1v) is 9.37. The van der Waals surface area contributed by atoms with Crippen molar-refractivity contribution in [1.29, 1.82) is 0 Å². The lowest BCUT2D eigenvalue weighted by molar-refractivity contribution is -0.00592. The molecule has 3 nitrogen and oxygen atoms in total. The standard InChI is InChI=1S/C18H35N3/c1-15(2)20-11-5-9-18(14-19,10-13-20)21-12-4-7-16-6-3-8-17(16)21/h15-17H,3-14,19H2,1-2H3. The van der Waals surface area contributed by atoms with E-state index in [0.717, 1.165) is 18.5 Å². The van der Waals surface area contributed by atoms with Crippen molar-refractivity contribution in [2.75, 3.05) is 26.2 Å².